The summed E-state index contributed by atoms with van der Waals surface area (Å²) in [5.74, 6) is 0.0261. The van der Waals surface area contributed by atoms with Crippen LogP contribution in [0.1, 0.15) is 5.56 Å². The van der Waals surface area contributed by atoms with Crippen LogP contribution in [0.5, 0.6) is 5.75 Å². The fourth-order valence-electron chi connectivity index (χ4n) is 2.41. The van der Waals surface area contributed by atoms with E-state index in [2.05, 4.69) is 4.98 Å². The Labute approximate surface area is 154 Å². The van der Waals surface area contributed by atoms with Crippen molar-refractivity contribution in [2.24, 2.45) is 0 Å². The highest BCUT2D eigenvalue weighted by Gasteiger charge is 2.07. The Morgan fingerprint density at radius 1 is 1.23 bits per heavy atom. The third-order valence-electron chi connectivity index (χ3n) is 3.81. The smallest absolute Gasteiger partial charge is 0.344 e. The Balaban J connectivity index is 1.51. The number of hydrogen-bond acceptors (Lipinski definition) is 5. The van der Waals surface area contributed by atoms with Gasteiger partial charge in [0.1, 0.15) is 12.4 Å². The zero-order valence-electron chi connectivity index (χ0n) is 14.1. The molecule has 0 unspecified atom stereocenters. The molecule has 0 aliphatic heterocycles. The maximum atomic E-state index is 12.3. The van der Waals surface area contributed by atoms with Crippen LogP contribution in [0.15, 0.2) is 53.6 Å². The second-order valence-electron chi connectivity index (χ2n) is 5.68. The van der Waals surface area contributed by atoms with Crippen LogP contribution in [-0.4, -0.2) is 28.7 Å². The minimum absolute atomic E-state index is 0.0573. The molecule has 0 radical (unpaired) electrons. The van der Waals surface area contributed by atoms with Gasteiger partial charge in [-0.05, 0) is 42.8 Å². The molecule has 0 spiro atoms. The third-order valence-corrected chi connectivity index (χ3v) is 4.24. The molecular weight excluding hydrogens is 356 g/mol. The summed E-state index contributed by atoms with van der Waals surface area (Å²) >= 11 is 5.94. The molecule has 3 rings (SSSR count). The molecule has 0 N–H and O–H groups in total. The molecule has 0 amide bonds. The monoisotopic (exact) mass is 372 g/mol. The van der Waals surface area contributed by atoms with E-state index in [0.717, 1.165) is 5.56 Å². The van der Waals surface area contributed by atoms with Gasteiger partial charge in [0, 0.05) is 5.02 Å². The molecule has 0 atom stereocenters. The average Bonchev–Trinajstić information content (AvgIpc) is 2.65. The van der Waals surface area contributed by atoms with Crippen molar-refractivity contribution in [1.82, 2.24) is 9.55 Å². The van der Waals surface area contributed by atoms with Crippen molar-refractivity contribution >= 4 is 28.5 Å². The number of hydrogen-bond donors (Lipinski definition) is 0. The number of carbonyl (C=O) groups is 1. The molecule has 0 saturated heterocycles. The number of nitrogens with zero attached hydrogens (tertiary/aromatic N) is 2. The van der Waals surface area contributed by atoms with Crippen LogP contribution >= 0.6 is 11.6 Å². The SMILES string of the molecule is Cc1cc(OCC(=O)OCCn2cnc3ccccc3c2=O)ccc1Cl. The molecule has 0 saturated carbocycles. The summed E-state index contributed by atoms with van der Waals surface area (Å²) in [4.78, 5) is 28.3. The molecule has 2 aromatic carbocycles. The molecule has 1 aromatic heterocycles. The van der Waals surface area contributed by atoms with E-state index in [1.807, 2.05) is 13.0 Å². The molecule has 0 aliphatic carbocycles. The second-order valence-corrected chi connectivity index (χ2v) is 6.09. The van der Waals surface area contributed by atoms with Crippen molar-refractivity contribution in [3.8, 4) is 5.75 Å². The van der Waals surface area contributed by atoms with E-state index < -0.39 is 5.97 Å². The van der Waals surface area contributed by atoms with Crippen molar-refractivity contribution in [1.29, 1.82) is 0 Å². The molecular formula is C19H17ClN2O4. The Morgan fingerprint density at radius 2 is 2.04 bits per heavy atom. The highest BCUT2D eigenvalue weighted by Crippen LogP contribution is 2.20. The summed E-state index contributed by atoms with van der Waals surface area (Å²) < 4.78 is 11.9. The summed E-state index contributed by atoms with van der Waals surface area (Å²) in [6.45, 7) is 1.92. The number of ether oxygens (including phenoxy) is 2. The number of carbonyl (C=O) groups excluding carboxylic acids is 1. The van der Waals surface area contributed by atoms with Gasteiger partial charge in [0.05, 0.1) is 23.8 Å². The maximum absolute atomic E-state index is 12.3. The zero-order valence-corrected chi connectivity index (χ0v) is 14.9. The average molecular weight is 373 g/mol. The van der Waals surface area contributed by atoms with Crippen molar-refractivity contribution in [3.63, 3.8) is 0 Å². The van der Waals surface area contributed by atoms with Crippen molar-refractivity contribution in [2.75, 3.05) is 13.2 Å². The Bertz CT molecular complexity index is 1000. The number of halogens is 1. The minimum atomic E-state index is -0.514. The van der Waals surface area contributed by atoms with Crippen LogP contribution in [0.3, 0.4) is 0 Å². The maximum Gasteiger partial charge on any atom is 0.344 e. The summed E-state index contributed by atoms with van der Waals surface area (Å²) in [5.41, 5.74) is 1.33. The van der Waals surface area contributed by atoms with E-state index in [9.17, 15) is 9.59 Å². The first-order valence-corrected chi connectivity index (χ1v) is 8.41. The predicted molar refractivity (Wildman–Crippen MR) is 98.6 cm³/mol. The van der Waals surface area contributed by atoms with Gasteiger partial charge in [-0.2, -0.15) is 0 Å². The first-order valence-electron chi connectivity index (χ1n) is 8.03. The van der Waals surface area contributed by atoms with Crippen molar-refractivity contribution in [3.05, 3.63) is 69.7 Å². The molecule has 0 aliphatic rings. The van der Waals surface area contributed by atoms with Gasteiger partial charge in [-0.25, -0.2) is 9.78 Å². The summed E-state index contributed by atoms with van der Waals surface area (Å²) in [5, 5.41) is 1.16. The standard InChI is InChI=1S/C19H17ClN2O4/c1-13-10-14(6-7-16(13)20)26-11-18(23)25-9-8-22-12-21-17-5-3-2-4-15(17)19(22)24/h2-7,10,12H,8-9,11H2,1H3. The first-order chi connectivity index (χ1) is 12.5. The van der Waals surface area contributed by atoms with Gasteiger partial charge in [0.25, 0.3) is 5.56 Å². The van der Waals surface area contributed by atoms with Crippen LogP contribution in [0.25, 0.3) is 10.9 Å². The van der Waals surface area contributed by atoms with Gasteiger partial charge >= 0.3 is 5.97 Å². The Kier molecular flexibility index (Phi) is 5.53. The van der Waals surface area contributed by atoms with E-state index in [4.69, 9.17) is 21.1 Å². The summed E-state index contributed by atoms with van der Waals surface area (Å²) in [6, 6.07) is 12.2. The van der Waals surface area contributed by atoms with Crippen LogP contribution in [0.4, 0.5) is 0 Å². The summed E-state index contributed by atoms with van der Waals surface area (Å²) in [6.07, 6.45) is 1.45. The van der Waals surface area contributed by atoms with Crippen LogP contribution in [-0.2, 0) is 16.1 Å². The molecule has 3 aromatic rings. The fourth-order valence-corrected chi connectivity index (χ4v) is 2.53. The van der Waals surface area contributed by atoms with Gasteiger partial charge in [0.15, 0.2) is 6.61 Å². The highest BCUT2D eigenvalue weighted by atomic mass is 35.5. The van der Waals surface area contributed by atoms with Gasteiger partial charge in [-0.1, -0.05) is 23.7 Å². The second kappa shape index (κ2) is 8.01. The van der Waals surface area contributed by atoms with Gasteiger partial charge in [-0.15, -0.1) is 0 Å². The molecule has 6 nitrogen and oxygen atoms in total. The van der Waals surface area contributed by atoms with Crippen molar-refractivity contribution in [2.45, 2.75) is 13.5 Å². The number of para-hydroxylation sites is 1. The van der Waals surface area contributed by atoms with Gasteiger partial charge in [0.2, 0.25) is 0 Å². The number of aryl methyl sites for hydroxylation is 1. The van der Waals surface area contributed by atoms with E-state index in [-0.39, 0.29) is 25.3 Å². The Hall–Kier alpha value is -2.86. The predicted octanol–water partition coefficient (Wildman–Crippen LogP) is 2.98. The number of benzene rings is 2. The molecule has 26 heavy (non-hydrogen) atoms. The minimum Gasteiger partial charge on any atom is -0.482 e. The van der Waals surface area contributed by atoms with Crippen LogP contribution < -0.4 is 10.3 Å². The lowest BCUT2D eigenvalue weighted by atomic mass is 10.2. The van der Waals surface area contributed by atoms with E-state index >= 15 is 0 Å². The van der Waals surface area contributed by atoms with E-state index in [1.165, 1.54) is 10.9 Å². The largest absolute Gasteiger partial charge is 0.482 e. The normalized spacial score (nSPS) is 10.7. The Morgan fingerprint density at radius 3 is 2.85 bits per heavy atom. The molecule has 1 heterocycles. The quantitative estimate of drug-likeness (QED) is 0.622. The van der Waals surface area contributed by atoms with E-state index in [0.29, 0.717) is 21.7 Å². The third kappa shape index (κ3) is 4.21. The van der Waals surface area contributed by atoms with Gasteiger partial charge < -0.3 is 9.47 Å². The van der Waals surface area contributed by atoms with E-state index in [1.54, 1.807) is 36.4 Å². The zero-order chi connectivity index (χ0) is 18.5. The molecule has 7 heteroatoms. The number of esters is 1. The lowest BCUT2D eigenvalue weighted by Gasteiger charge is -2.09. The van der Waals surface area contributed by atoms with Crippen molar-refractivity contribution < 1.29 is 14.3 Å². The molecule has 0 bridgehead atoms. The van der Waals surface area contributed by atoms with Gasteiger partial charge in [-0.3, -0.25) is 9.36 Å². The number of rotatable bonds is 6. The first kappa shape index (κ1) is 17.9. The number of fused-ring (bicyclic) bond motifs is 1. The van der Waals surface area contributed by atoms with Crippen LogP contribution in [0, 0.1) is 6.92 Å². The van der Waals surface area contributed by atoms with Crippen LogP contribution in [0.2, 0.25) is 5.02 Å². The summed E-state index contributed by atoms with van der Waals surface area (Å²) in [7, 11) is 0. The number of aromatic nitrogens is 2. The fraction of sp³-hybridized carbons (Fsp3) is 0.211. The molecule has 0 fully saturated rings. The molecule has 134 valence electrons. The lowest BCUT2D eigenvalue weighted by molar-refractivity contribution is -0.146. The highest BCUT2D eigenvalue weighted by molar-refractivity contribution is 6.31. The lowest BCUT2D eigenvalue weighted by Crippen LogP contribution is -2.24. The topological polar surface area (TPSA) is 70.4 Å².